The van der Waals surface area contributed by atoms with Crippen LogP contribution in [0.2, 0.25) is 5.02 Å². The van der Waals surface area contributed by atoms with Crippen LogP contribution in [0.5, 0.6) is 5.75 Å². The molecule has 21 heavy (non-hydrogen) atoms. The van der Waals surface area contributed by atoms with E-state index in [1.807, 2.05) is 13.0 Å². The molecule has 4 nitrogen and oxygen atoms in total. The molecule has 2 rings (SSSR count). The van der Waals surface area contributed by atoms with Crippen LogP contribution in [0.4, 0.5) is 11.4 Å². The molecule has 0 fully saturated rings. The van der Waals surface area contributed by atoms with Gasteiger partial charge in [-0.05, 0) is 48.9 Å². The number of hydrogen-bond donors (Lipinski definition) is 2. The Morgan fingerprint density at radius 3 is 2.67 bits per heavy atom. The Hall–Kier alpha value is -2.20. The predicted molar refractivity (Wildman–Crippen MR) is 85.8 cm³/mol. The van der Waals surface area contributed by atoms with Gasteiger partial charge < -0.3 is 15.8 Å². The topological polar surface area (TPSA) is 64.3 Å². The van der Waals surface area contributed by atoms with Gasteiger partial charge in [-0.25, -0.2) is 0 Å². The van der Waals surface area contributed by atoms with Gasteiger partial charge in [-0.3, -0.25) is 4.79 Å². The van der Waals surface area contributed by atoms with Gasteiger partial charge in [-0.2, -0.15) is 0 Å². The summed E-state index contributed by atoms with van der Waals surface area (Å²) in [5, 5.41) is 3.45. The standard InChI is InChI=1S/C16H17ClN2O2/c1-11-14(17)3-2-4-15(11)19-16(20)9-10-21-13-7-5-12(18)6-8-13/h2-8H,9-10,18H2,1H3,(H,19,20). The lowest BCUT2D eigenvalue weighted by Gasteiger charge is -2.10. The van der Waals surface area contributed by atoms with Gasteiger partial charge in [0.15, 0.2) is 0 Å². The third-order valence-corrected chi connectivity index (χ3v) is 3.43. The van der Waals surface area contributed by atoms with Gasteiger partial charge in [0.05, 0.1) is 13.0 Å². The van der Waals surface area contributed by atoms with Crippen molar-refractivity contribution >= 4 is 28.9 Å². The van der Waals surface area contributed by atoms with Crippen LogP contribution in [-0.4, -0.2) is 12.5 Å². The summed E-state index contributed by atoms with van der Waals surface area (Å²) in [7, 11) is 0. The highest BCUT2D eigenvalue weighted by molar-refractivity contribution is 6.31. The van der Waals surface area contributed by atoms with Crippen LogP contribution in [0, 0.1) is 6.92 Å². The van der Waals surface area contributed by atoms with Crippen molar-refractivity contribution < 1.29 is 9.53 Å². The summed E-state index contributed by atoms with van der Waals surface area (Å²) in [5.41, 5.74) is 7.84. The number of nitrogen functional groups attached to an aromatic ring is 1. The van der Waals surface area contributed by atoms with Crippen LogP contribution in [0.1, 0.15) is 12.0 Å². The number of nitrogens with one attached hydrogen (secondary N) is 1. The Morgan fingerprint density at radius 1 is 1.24 bits per heavy atom. The largest absolute Gasteiger partial charge is 0.493 e. The van der Waals surface area contributed by atoms with E-state index in [-0.39, 0.29) is 12.3 Å². The molecular formula is C16H17ClN2O2. The molecule has 2 aromatic carbocycles. The molecule has 0 aliphatic heterocycles. The third-order valence-electron chi connectivity index (χ3n) is 3.02. The lowest BCUT2D eigenvalue weighted by Crippen LogP contribution is -2.15. The Labute approximate surface area is 128 Å². The molecule has 1 amide bonds. The van der Waals surface area contributed by atoms with Gasteiger partial charge in [0.2, 0.25) is 5.91 Å². The minimum Gasteiger partial charge on any atom is -0.493 e. The Balaban J connectivity index is 1.82. The van der Waals surface area contributed by atoms with E-state index in [1.54, 1.807) is 36.4 Å². The summed E-state index contributed by atoms with van der Waals surface area (Å²) in [5.74, 6) is 0.576. The Morgan fingerprint density at radius 2 is 1.95 bits per heavy atom. The zero-order valence-electron chi connectivity index (χ0n) is 11.7. The quantitative estimate of drug-likeness (QED) is 0.829. The number of nitrogens with two attached hydrogens (primary N) is 1. The van der Waals surface area contributed by atoms with Crippen molar-refractivity contribution in [2.45, 2.75) is 13.3 Å². The first-order chi connectivity index (χ1) is 10.1. The van der Waals surface area contributed by atoms with Crippen LogP contribution in [0.15, 0.2) is 42.5 Å². The van der Waals surface area contributed by atoms with Crippen molar-refractivity contribution in [2.75, 3.05) is 17.7 Å². The minimum atomic E-state index is -0.115. The molecule has 0 heterocycles. The number of halogens is 1. The summed E-state index contributed by atoms with van der Waals surface area (Å²) in [6.07, 6.45) is 0.260. The smallest absolute Gasteiger partial charge is 0.227 e. The molecule has 0 radical (unpaired) electrons. The molecule has 110 valence electrons. The maximum Gasteiger partial charge on any atom is 0.227 e. The van der Waals surface area contributed by atoms with Crippen molar-refractivity contribution in [2.24, 2.45) is 0 Å². The Kier molecular flexibility index (Phi) is 5.06. The van der Waals surface area contributed by atoms with Gasteiger partial charge in [0, 0.05) is 16.4 Å². The van der Waals surface area contributed by atoms with Crippen molar-refractivity contribution in [1.82, 2.24) is 0 Å². The highest BCUT2D eigenvalue weighted by Crippen LogP contribution is 2.23. The van der Waals surface area contributed by atoms with E-state index in [4.69, 9.17) is 22.1 Å². The van der Waals surface area contributed by atoms with Crippen molar-refractivity contribution in [3.05, 3.63) is 53.1 Å². The van der Waals surface area contributed by atoms with Gasteiger partial charge in [-0.15, -0.1) is 0 Å². The monoisotopic (exact) mass is 304 g/mol. The molecule has 0 aromatic heterocycles. The molecule has 3 N–H and O–H groups in total. The van der Waals surface area contributed by atoms with Gasteiger partial charge in [-0.1, -0.05) is 17.7 Å². The summed E-state index contributed by atoms with van der Waals surface area (Å²) in [6.45, 7) is 2.16. The maximum atomic E-state index is 11.9. The van der Waals surface area contributed by atoms with Crippen LogP contribution >= 0.6 is 11.6 Å². The highest BCUT2D eigenvalue weighted by Gasteiger charge is 2.07. The molecule has 0 saturated heterocycles. The summed E-state index contributed by atoms with van der Waals surface area (Å²) in [4.78, 5) is 11.9. The summed E-state index contributed by atoms with van der Waals surface area (Å²) < 4.78 is 5.48. The molecule has 2 aromatic rings. The predicted octanol–water partition coefficient (Wildman–Crippen LogP) is 3.64. The van der Waals surface area contributed by atoms with E-state index >= 15 is 0 Å². The molecular weight excluding hydrogens is 288 g/mol. The van der Waals surface area contributed by atoms with Gasteiger partial charge in [0.25, 0.3) is 0 Å². The maximum absolute atomic E-state index is 11.9. The lowest BCUT2D eigenvalue weighted by molar-refractivity contribution is -0.116. The second-order valence-electron chi connectivity index (χ2n) is 4.63. The average molecular weight is 305 g/mol. The second-order valence-corrected chi connectivity index (χ2v) is 5.04. The van der Waals surface area contributed by atoms with E-state index < -0.39 is 0 Å². The SMILES string of the molecule is Cc1c(Cl)cccc1NC(=O)CCOc1ccc(N)cc1. The normalized spacial score (nSPS) is 10.2. The Bertz CT molecular complexity index is 627. The van der Waals surface area contributed by atoms with E-state index in [0.717, 1.165) is 11.3 Å². The third kappa shape index (κ3) is 4.39. The molecule has 0 aliphatic rings. The first-order valence-electron chi connectivity index (χ1n) is 6.59. The fourth-order valence-corrected chi connectivity index (χ4v) is 1.96. The number of amides is 1. The molecule has 0 atom stereocenters. The highest BCUT2D eigenvalue weighted by atomic mass is 35.5. The molecule has 0 bridgehead atoms. The summed E-state index contributed by atoms with van der Waals surface area (Å²) >= 11 is 6.01. The molecule has 0 spiro atoms. The van der Waals surface area contributed by atoms with Crippen LogP contribution in [0.3, 0.4) is 0 Å². The lowest BCUT2D eigenvalue weighted by atomic mass is 10.2. The first kappa shape index (κ1) is 15.2. The average Bonchev–Trinajstić information content (AvgIpc) is 2.46. The number of rotatable bonds is 5. The number of anilines is 2. The fraction of sp³-hybridized carbons (Fsp3) is 0.188. The number of carbonyl (C=O) groups excluding carboxylic acids is 1. The number of ether oxygens (including phenoxy) is 1. The second kappa shape index (κ2) is 6.99. The van der Waals surface area contributed by atoms with Crippen molar-refractivity contribution in [3.8, 4) is 5.75 Å². The van der Waals surface area contributed by atoms with E-state index in [1.165, 1.54) is 0 Å². The zero-order valence-corrected chi connectivity index (χ0v) is 12.5. The summed E-state index contributed by atoms with van der Waals surface area (Å²) in [6, 6.07) is 12.5. The number of carbonyl (C=O) groups is 1. The number of hydrogen-bond acceptors (Lipinski definition) is 3. The van der Waals surface area contributed by atoms with E-state index in [9.17, 15) is 4.79 Å². The molecule has 0 aliphatic carbocycles. The molecule has 0 unspecified atom stereocenters. The fourth-order valence-electron chi connectivity index (χ4n) is 1.78. The van der Waals surface area contributed by atoms with Gasteiger partial charge >= 0.3 is 0 Å². The minimum absolute atomic E-state index is 0.115. The van der Waals surface area contributed by atoms with Crippen molar-refractivity contribution in [1.29, 1.82) is 0 Å². The van der Waals surface area contributed by atoms with Crippen LogP contribution in [-0.2, 0) is 4.79 Å². The first-order valence-corrected chi connectivity index (χ1v) is 6.97. The molecule has 0 saturated carbocycles. The van der Waals surface area contributed by atoms with Gasteiger partial charge in [0.1, 0.15) is 5.75 Å². The van der Waals surface area contributed by atoms with Crippen LogP contribution in [0.25, 0.3) is 0 Å². The molecule has 5 heteroatoms. The van der Waals surface area contributed by atoms with Crippen molar-refractivity contribution in [3.63, 3.8) is 0 Å². The van der Waals surface area contributed by atoms with E-state index in [0.29, 0.717) is 23.1 Å². The van der Waals surface area contributed by atoms with E-state index in [2.05, 4.69) is 5.32 Å². The van der Waals surface area contributed by atoms with Crippen LogP contribution < -0.4 is 15.8 Å². The zero-order chi connectivity index (χ0) is 15.2. The number of benzene rings is 2.